The number of likely N-dealkylation sites (N-methyl/N-ethyl adjacent to an activating group) is 1. The van der Waals surface area contributed by atoms with Crippen molar-refractivity contribution < 1.29 is 19.8 Å². The lowest BCUT2D eigenvalue weighted by atomic mass is 9.47. The van der Waals surface area contributed by atoms with Crippen molar-refractivity contribution in [2.75, 3.05) is 39.1 Å². The van der Waals surface area contributed by atoms with Gasteiger partial charge in [-0.05, 0) is 50.1 Å². The molecule has 8 nitrogen and oxygen atoms in total. The second kappa shape index (κ2) is 10.4. The molecule has 1 heterocycles. The van der Waals surface area contributed by atoms with E-state index in [1.54, 1.807) is 0 Å². The number of rotatable bonds is 8. The smallest absolute Gasteiger partial charge is 0.226 e. The van der Waals surface area contributed by atoms with Crippen molar-refractivity contribution in [3.63, 3.8) is 0 Å². The number of nitrogens with one attached hydrogen (secondary N) is 2. The first-order valence-corrected chi connectivity index (χ1v) is 13.5. The molecule has 2 amide bonds. The molecule has 0 unspecified atom stereocenters. The minimum Gasteiger partial charge on any atom is -0.396 e. The van der Waals surface area contributed by atoms with E-state index in [2.05, 4.69) is 17.6 Å². The molecule has 3 rings (SSSR count). The second-order valence-electron chi connectivity index (χ2n) is 12.5. The number of carbonyl (C=O) groups is 2. The highest BCUT2D eigenvalue weighted by Crippen LogP contribution is 2.62. The molecule has 0 radical (unpaired) electrons. The first kappa shape index (κ1) is 28.0. The zero-order chi connectivity index (χ0) is 26.2. The van der Waals surface area contributed by atoms with E-state index in [0.717, 1.165) is 23.5 Å². The minimum absolute atomic E-state index is 0.00518. The van der Waals surface area contributed by atoms with Crippen molar-refractivity contribution in [2.24, 2.45) is 22.2 Å². The molecule has 1 aromatic rings. The van der Waals surface area contributed by atoms with Crippen molar-refractivity contribution in [1.29, 1.82) is 0 Å². The predicted octanol–water partition coefficient (Wildman–Crippen LogP) is 3.00. The number of aromatic nitrogens is 1. The summed E-state index contributed by atoms with van der Waals surface area (Å²) in [4.78, 5) is 33.6. The average Bonchev–Trinajstić information content (AvgIpc) is 3.12. The summed E-state index contributed by atoms with van der Waals surface area (Å²) < 4.78 is 0. The van der Waals surface area contributed by atoms with Crippen LogP contribution in [0.4, 0.5) is 5.13 Å². The molecule has 0 aromatic carbocycles. The Morgan fingerprint density at radius 2 is 1.91 bits per heavy atom. The van der Waals surface area contributed by atoms with Gasteiger partial charge in [-0.1, -0.05) is 34.6 Å². The van der Waals surface area contributed by atoms with Gasteiger partial charge in [-0.2, -0.15) is 0 Å². The number of fused-ring (bicyclic) bond motifs is 2. The lowest BCUT2D eigenvalue weighted by Gasteiger charge is -2.58. The molecular weight excluding hydrogens is 464 g/mol. The third-order valence-corrected chi connectivity index (χ3v) is 9.11. The fraction of sp³-hybridized carbons (Fsp3) is 0.808. The Labute approximate surface area is 213 Å². The van der Waals surface area contributed by atoms with Crippen molar-refractivity contribution in [1.82, 2.24) is 15.2 Å². The summed E-state index contributed by atoms with van der Waals surface area (Å²) in [5.41, 5.74) is -0.206. The lowest BCUT2D eigenvalue weighted by Crippen LogP contribution is -2.57. The number of nitrogens with zero attached hydrogens (tertiary/aromatic N) is 2. The summed E-state index contributed by atoms with van der Waals surface area (Å²) in [5.74, 6) is -0.249. The van der Waals surface area contributed by atoms with Gasteiger partial charge in [-0.3, -0.25) is 9.59 Å². The lowest BCUT2D eigenvalue weighted by molar-refractivity contribution is -0.144. The average molecular weight is 509 g/mol. The summed E-state index contributed by atoms with van der Waals surface area (Å²) in [6.07, 6.45) is 2.10. The van der Waals surface area contributed by atoms with Gasteiger partial charge < -0.3 is 25.7 Å². The molecule has 5 atom stereocenters. The van der Waals surface area contributed by atoms with Gasteiger partial charge in [0.1, 0.15) is 0 Å². The number of amides is 2. The van der Waals surface area contributed by atoms with E-state index >= 15 is 0 Å². The number of anilines is 1. The fourth-order valence-electron chi connectivity index (χ4n) is 6.02. The Kier molecular flexibility index (Phi) is 8.36. The van der Waals surface area contributed by atoms with Crippen molar-refractivity contribution in [2.45, 2.75) is 78.7 Å². The number of aliphatic hydroxyl groups excluding tert-OH is 2. The van der Waals surface area contributed by atoms with Gasteiger partial charge in [-0.15, -0.1) is 11.3 Å². The van der Waals surface area contributed by atoms with E-state index < -0.39 is 11.5 Å². The maximum absolute atomic E-state index is 13.0. The molecule has 1 fully saturated rings. The van der Waals surface area contributed by atoms with Crippen molar-refractivity contribution in [3.05, 3.63) is 10.6 Å². The van der Waals surface area contributed by atoms with Crippen molar-refractivity contribution in [3.8, 4) is 0 Å². The van der Waals surface area contributed by atoms with E-state index in [9.17, 15) is 19.8 Å². The maximum atomic E-state index is 13.0. The molecule has 198 valence electrons. The van der Waals surface area contributed by atoms with E-state index in [4.69, 9.17) is 4.98 Å². The first-order chi connectivity index (χ1) is 16.2. The molecule has 0 saturated heterocycles. The highest BCUT2D eigenvalue weighted by Gasteiger charge is 2.59. The SMILES string of the molecule is CN(C)CCNC(=O)C[C@@H]1c2nc(NC(=O)CC(C)(C)C)sc2C[C@@H]2[C@](C)(CO)[C@H](O)CC[C@]21C. The standard InChI is InChI=1S/C26H44N4O4S/c1-24(2,3)14-21(34)28-23-29-22-16(12-20(33)27-10-11-30(6)7)25(4)9-8-19(32)26(5,15-31)18(25)13-17(22)35-23/h16,18-19,31-32H,8-15H2,1-7H3,(H,27,33)(H,28,29,34)/t16-,18+,19-,25+,26+/m1/s1. The van der Waals surface area contributed by atoms with Gasteiger partial charge in [0.05, 0.1) is 18.4 Å². The largest absolute Gasteiger partial charge is 0.396 e. The molecule has 0 bridgehead atoms. The van der Waals surface area contributed by atoms with Gasteiger partial charge >= 0.3 is 0 Å². The summed E-state index contributed by atoms with van der Waals surface area (Å²) in [6, 6.07) is 0. The molecule has 2 aliphatic carbocycles. The Bertz CT molecular complexity index is 927. The van der Waals surface area contributed by atoms with Crippen LogP contribution in [0.5, 0.6) is 0 Å². The number of hydrogen-bond donors (Lipinski definition) is 4. The third kappa shape index (κ3) is 6.06. The van der Waals surface area contributed by atoms with E-state index in [1.807, 2.05) is 46.7 Å². The number of thiazole rings is 1. The van der Waals surface area contributed by atoms with Gasteiger partial charge in [-0.25, -0.2) is 4.98 Å². The Balaban J connectivity index is 1.94. The highest BCUT2D eigenvalue weighted by molar-refractivity contribution is 7.15. The molecule has 35 heavy (non-hydrogen) atoms. The number of hydrogen-bond acceptors (Lipinski definition) is 7. The molecule has 9 heteroatoms. The molecule has 0 spiro atoms. The second-order valence-corrected chi connectivity index (χ2v) is 13.6. The van der Waals surface area contributed by atoms with Crippen molar-refractivity contribution >= 4 is 28.3 Å². The fourth-order valence-corrected chi connectivity index (χ4v) is 7.11. The zero-order valence-corrected chi connectivity index (χ0v) is 23.2. The number of carbonyl (C=O) groups excluding carboxylic acids is 2. The highest BCUT2D eigenvalue weighted by atomic mass is 32.1. The summed E-state index contributed by atoms with van der Waals surface area (Å²) in [5, 5.41) is 27.8. The molecule has 2 aliphatic rings. The van der Waals surface area contributed by atoms with Crippen LogP contribution in [0.3, 0.4) is 0 Å². The van der Waals surface area contributed by atoms with Crippen LogP contribution < -0.4 is 10.6 Å². The quantitative estimate of drug-likeness (QED) is 0.429. The monoisotopic (exact) mass is 508 g/mol. The molecule has 4 N–H and O–H groups in total. The van der Waals surface area contributed by atoms with Crippen LogP contribution >= 0.6 is 11.3 Å². The van der Waals surface area contributed by atoms with Gasteiger partial charge in [0.15, 0.2) is 5.13 Å². The van der Waals surface area contributed by atoms with Crippen LogP contribution in [0.2, 0.25) is 0 Å². The third-order valence-electron chi connectivity index (χ3n) is 8.10. The zero-order valence-electron chi connectivity index (χ0n) is 22.4. The van der Waals surface area contributed by atoms with Crippen LogP contribution in [0.15, 0.2) is 0 Å². The molecular formula is C26H44N4O4S. The van der Waals surface area contributed by atoms with Gasteiger partial charge in [0.2, 0.25) is 11.8 Å². The maximum Gasteiger partial charge on any atom is 0.226 e. The summed E-state index contributed by atoms with van der Waals surface area (Å²) in [6.45, 7) is 11.5. The van der Waals surface area contributed by atoms with Crippen LogP contribution in [0.25, 0.3) is 0 Å². The Morgan fingerprint density at radius 1 is 1.23 bits per heavy atom. The molecule has 1 aromatic heterocycles. The Hall–Kier alpha value is -1.55. The van der Waals surface area contributed by atoms with E-state index in [0.29, 0.717) is 37.4 Å². The summed E-state index contributed by atoms with van der Waals surface area (Å²) >= 11 is 1.46. The number of aliphatic hydroxyl groups is 2. The van der Waals surface area contributed by atoms with E-state index in [1.165, 1.54) is 11.3 Å². The van der Waals surface area contributed by atoms with Crippen LogP contribution in [0, 0.1) is 22.2 Å². The van der Waals surface area contributed by atoms with Crippen LogP contribution in [-0.4, -0.2) is 71.8 Å². The predicted molar refractivity (Wildman–Crippen MR) is 139 cm³/mol. The Morgan fingerprint density at radius 3 is 2.51 bits per heavy atom. The van der Waals surface area contributed by atoms with Gasteiger partial charge in [0.25, 0.3) is 0 Å². The first-order valence-electron chi connectivity index (χ1n) is 12.7. The normalized spacial score (nSPS) is 30.5. The van der Waals surface area contributed by atoms with E-state index in [-0.39, 0.29) is 41.1 Å². The topological polar surface area (TPSA) is 115 Å². The minimum atomic E-state index is -0.663. The van der Waals surface area contributed by atoms with Gasteiger partial charge in [0, 0.05) is 42.1 Å². The van der Waals surface area contributed by atoms with Crippen LogP contribution in [-0.2, 0) is 16.0 Å². The molecule has 1 saturated carbocycles. The molecule has 0 aliphatic heterocycles. The summed E-state index contributed by atoms with van der Waals surface area (Å²) in [7, 11) is 3.94. The van der Waals surface area contributed by atoms with Crippen LogP contribution in [0.1, 0.15) is 76.8 Å².